The summed E-state index contributed by atoms with van der Waals surface area (Å²) >= 11 is 0. The first-order valence-electron chi connectivity index (χ1n) is 7.03. The summed E-state index contributed by atoms with van der Waals surface area (Å²) in [6.45, 7) is 12.4. The molecule has 1 fully saturated rings. The van der Waals surface area contributed by atoms with Gasteiger partial charge in [0.05, 0.1) is 0 Å². The minimum atomic E-state index is 0.490. The van der Waals surface area contributed by atoms with Crippen LogP contribution in [0.3, 0.4) is 0 Å². The average Bonchev–Trinajstić information content (AvgIpc) is 2.39. The van der Waals surface area contributed by atoms with E-state index in [4.69, 9.17) is 0 Å². The molecule has 0 unspecified atom stereocenters. The highest BCUT2D eigenvalue weighted by Gasteiger charge is 2.15. The fourth-order valence-electron chi connectivity index (χ4n) is 2.42. The van der Waals surface area contributed by atoms with E-state index in [1.54, 1.807) is 0 Å². The second kappa shape index (κ2) is 6.10. The molecule has 0 radical (unpaired) electrons. The SMILES string of the molecule is CCN1CCN(c2ccc(NC(C)C)cc2)CC1. The van der Waals surface area contributed by atoms with Gasteiger partial charge in [0.2, 0.25) is 0 Å². The minimum Gasteiger partial charge on any atom is -0.383 e. The van der Waals surface area contributed by atoms with Crippen LogP contribution in [0.5, 0.6) is 0 Å². The summed E-state index contributed by atoms with van der Waals surface area (Å²) < 4.78 is 0. The van der Waals surface area contributed by atoms with E-state index in [1.807, 2.05) is 0 Å². The van der Waals surface area contributed by atoms with Crippen LogP contribution < -0.4 is 10.2 Å². The number of benzene rings is 1. The van der Waals surface area contributed by atoms with Crippen LogP contribution in [0.4, 0.5) is 11.4 Å². The van der Waals surface area contributed by atoms with Crippen LogP contribution in [0.2, 0.25) is 0 Å². The van der Waals surface area contributed by atoms with Gasteiger partial charge in [-0.2, -0.15) is 0 Å². The maximum Gasteiger partial charge on any atom is 0.0368 e. The Labute approximate surface area is 111 Å². The van der Waals surface area contributed by atoms with Crippen LogP contribution in [0.25, 0.3) is 0 Å². The lowest BCUT2D eigenvalue weighted by atomic mass is 10.2. The Bertz CT molecular complexity index is 351. The average molecular weight is 247 g/mol. The van der Waals surface area contributed by atoms with Crippen LogP contribution in [0.1, 0.15) is 20.8 Å². The van der Waals surface area contributed by atoms with Crippen molar-refractivity contribution in [3.8, 4) is 0 Å². The molecule has 0 aliphatic carbocycles. The molecule has 1 aliphatic rings. The predicted octanol–water partition coefficient (Wildman–Crippen LogP) is 2.65. The molecule has 0 bridgehead atoms. The van der Waals surface area contributed by atoms with E-state index in [9.17, 15) is 0 Å². The number of hydrogen-bond donors (Lipinski definition) is 1. The van der Waals surface area contributed by atoms with E-state index in [2.05, 4.69) is 60.2 Å². The maximum absolute atomic E-state index is 3.42. The summed E-state index contributed by atoms with van der Waals surface area (Å²) in [7, 11) is 0. The normalized spacial score (nSPS) is 17.2. The van der Waals surface area contributed by atoms with Gasteiger partial charge in [-0.15, -0.1) is 0 Å². The second-order valence-corrected chi connectivity index (χ2v) is 5.27. The topological polar surface area (TPSA) is 18.5 Å². The molecule has 0 amide bonds. The van der Waals surface area contributed by atoms with Crippen molar-refractivity contribution in [1.29, 1.82) is 0 Å². The summed E-state index contributed by atoms with van der Waals surface area (Å²) in [5.41, 5.74) is 2.56. The lowest BCUT2D eigenvalue weighted by Gasteiger charge is -2.35. The standard InChI is InChI=1S/C15H25N3/c1-4-17-9-11-18(12-10-17)15-7-5-14(6-8-15)16-13(2)3/h5-8,13,16H,4,9-12H2,1-3H3. The van der Waals surface area contributed by atoms with E-state index in [1.165, 1.54) is 31.0 Å². The quantitative estimate of drug-likeness (QED) is 0.882. The third-order valence-electron chi connectivity index (χ3n) is 3.51. The van der Waals surface area contributed by atoms with E-state index in [-0.39, 0.29) is 0 Å². The van der Waals surface area contributed by atoms with Gasteiger partial charge in [-0.05, 0) is 44.7 Å². The lowest BCUT2D eigenvalue weighted by Crippen LogP contribution is -2.46. The molecule has 2 rings (SSSR count). The zero-order valence-corrected chi connectivity index (χ0v) is 11.8. The van der Waals surface area contributed by atoms with E-state index in [0.717, 1.165) is 13.1 Å². The Morgan fingerprint density at radius 3 is 2.17 bits per heavy atom. The van der Waals surface area contributed by atoms with Crippen LogP contribution in [-0.2, 0) is 0 Å². The van der Waals surface area contributed by atoms with Crippen molar-refractivity contribution < 1.29 is 0 Å². The molecule has 3 nitrogen and oxygen atoms in total. The molecular weight excluding hydrogens is 222 g/mol. The van der Waals surface area contributed by atoms with Crippen molar-refractivity contribution in [3.63, 3.8) is 0 Å². The van der Waals surface area contributed by atoms with Crippen molar-refractivity contribution >= 4 is 11.4 Å². The Morgan fingerprint density at radius 2 is 1.67 bits per heavy atom. The smallest absolute Gasteiger partial charge is 0.0368 e. The van der Waals surface area contributed by atoms with Crippen molar-refractivity contribution in [2.24, 2.45) is 0 Å². The summed E-state index contributed by atoms with van der Waals surface area (Å²) in [6.07, 6.45) is 0. The molecule has 0 spiro atoms. The Hall–Kier alpha value is -1.22. The first-order valence-corrected chi connectivity index (χ1v) is 7.03. The number of anilines is 2. The van der Waals surface area contributed by atoms with Crippen molar-refractivity contribution in [2.45, 2.75) is 26.8 Å². The molecule has 1 saturated heterocycles. The Kier molecular flexibility index (Phi) is 4.48. The molecule has 1 aromatic rings. The highest BCUT2D eigenvalue weighted by atomic mass is 15.3. The Balaban J connectivity index is 1.93. The number of hydrogen-bond acceptors (Lipinski definition) is 3. The molecule has 100 valence electrons. The predicted molar refractivity (Wildman–Crippen MR) is 79.5 cm³/mol. The van der Waals surface area contributed by atoms with Crippen molar-refractivity contribution in [3.05, 3.63) is 24.3 Å². The van der Waals surface area contributed by atoms with E-state index < -0.39 is 0 Å². The van der Waals surface area contributed by atoms with Gasteiger partial charge in [0.25, 0.3) is 0 Å². The van der Waals surface area contributed by atoms with Gasteiger partial charge >= 0.3 is 0 Å². The molecule has 0 atom stereocenters. The van der Waals surface area contributed by atoms with Gasteiger partial charge < -0.3 is 15.1 Å². The van der Waals surface area contributed by atoms with E-state index in [0.29, 0.717) is 6.04 Å². The summed E-state index contributed by atoms with van der Waals surface area (Å²) in [4.78, 5) is 4.98. The molecule has 3 heteroatoms. The lowest BCUT2D eigenvalue weighted by molar-refractivity contribution is 0.271. The van der Waals surface area contributed by atoms with Crippen molar-refractivity contribution in [1.82, 2.24) is 4.90 Å². The fourth-order valence-corrected chi connectivity index (χ4v) is 2.42. The van der Waals surface area contributed by atoms with E-state index >= 15 is 0 Å². The summed E-state index contributed by atoms with van der Waals surface area (Å²) in [5, 5.41) is 3.42. The maximum atomic E-state index is 3.42. The summed E-state index contributed by atoms with van der Waals surface area (Å²) in [5.74, 6) is 0. The number of nitrogens with zero attached hydrogens (tertiary/aromatic N) is 2. The molecule has 0 saturated carbocycles. The number of nitrogens with one attached hydrogen (secondary N) is 1. The first-order chi connectivity index (χ1) is 8.69. The first kappa shape index (κ1) is 13.2. The van der Waals surface area contributed by atoms with Gasteiger partial charge in [-0.3, -0.25) is 0 Å². The number of rotatable bonds is 4. The van der Waals surface area contributed by atoms with Crippen LogP contribution >= 0.6 is 0 Å². The third-order valence-corrected chi connectivity index (χ3v) is 3.51. The van der Waals surface area contributed by atoms with Gasteiger partial charge in [0.15, 0.2) is 0 Å². The van der Waals surface area contributed by atoms with Crippen LogP contribution in [-0.4, -0.2) is 43.7 Å². The fraction of sp³-hybridized carbons (Fsp3) is 0.600. The largest absolute Gasteiger partial charge is 0.383 e. The molecule has 1 aromatic carbocycles. The van der Waals surface area contributed by atoms with Crippen molar-refractivity contribution in [2.75, 3.05) is 42.9 Å². The highest BCUT2D eigenvalue weighted by Crippen LogP contribution is 2.19. The molecule has 1 N–H and O–H groups in total. The summed E-state index contributed by atoms with van der Waals surface area (Å²) in [6, 6.07) is 9.31. The van der Waals surface area contributed by atoms with Gasteiger partial charge in [-0.25, -0.2) is 0 Å². The molecule has 1 heterocycles. The van der Waals surface area contributed by atoms with Gasteiger partial charge in [0.1, 0.15) is 0 Å². The zero-order chi connectivity index (χ0) is 13.0. The van der Waals surface area contributed by atoms with Crippen LogP contribution in [0.15, 0.2) is 24.3 Å². The van der Waals surface area contributed by atoms with Gasteiger partial charge in [0, 0.05) is 43.6 Å². The number of piperazine rings is 1. The monoisotopic (exact) mass is 247 g/mol. The second-order valence-electron chi connectivity index (χ2n) is 5.27. The van der Waals surface area contributed by atoms with Crippen LogP contribution in [0, 0.1) is 0 Å². The Morgan fingerprint density at radius 1 is 1.06 bits per heavy atom. The minimum absolute atomic E-state index is 0.490. The highest BCUT2D eigenvalue weighted by molar-refractivity contribution is 5.55. The molecule has 1 aliphatic heterocycles. The third kappa shape index (κ3) is 3.39. The molecule has 18 heavy (non-hydrogen) atoms. The molecule has 0 aromatic heterocycles. The number of likely N-dealkylation sites (N-methyl/N-ethyl adjacent to an activating group) is 1. The van der Waals surface area contributed by atoms with Gasteiger partial charge in [-0.1, -0.05) is 6.92 Å². The molecular formula is C15H25N3. The zero-order valence-electron chi connectivity index (χ0n) is 11.8.